The van der Waals surface area contributed by atoms with Gasteiger partial charge in [-0.1, -0.05) is 18.2 Å². The predicted octanol–water partition coefficient (Wildman–Crippen LogP) is 1.69. The van der Waals surface area contributed by atoms with Crippen molar-refractivity contribution in [1.29, 1.82) is 0 Å². The number of para-hydroxylation sites is 1. The molecule has 24 heavy (non-hydrogen) atoms. The highest BCUT2D eigenvalue weighted by Gasteiger charge is 2.18. The average Bonchev–Trinajstić information content (AvgIpc) is 2.56. The van der Waals surface area contributed by atoms with Crippen molar-refractivity contribution in [3.8, 4) is 0 Å². The van der Waals surface area contributed by atoms with Gasteiger partial charge in [-0.15, -0.1) is 24.0 Å². The molecule has 1 fully saturated rings. The number of aromatic nitrogens is 1. The molecule has 0 aliphatic carbocycles. The Morgan fingerprint density at radius 2 is 2.17 bits per heavy atom. The fourth-order valence-electron chi connectivity index (χ4n) is 2.90. The Kier molecular flexibility index (Phi) is 6.22. The van der Waals surface area contributed by atoms with Crippen LogP contribution in [0.3, 0.4) is 0 Å². The van der Waals surface area contributed by atoms with Gasteiger partial charge in [0.1, 0.15) is 0 Å². The molecule has 3 rings (SSSR count). The quantitative estimate of drug-likeness (QED) is 0.437. The molecule has 1 saturated heterocycles. The first-order valence-corrected chi connectivity index (χ1v) is 7.80. The Morgan fingerprint density at radius 1 is 1.42 bits per heavy atom. The number of morpholine rings is 1. The van der Waals surface area contributed by atoms with Gasteiger partial charge in [0.25, 0.3) is 5.56 Å². The third-order valence-electron chi connectivity index (χ3n) is 4.18. The number of aliphatic imine (C=N–C) groups is 1. The van der Waals surface area contributed by atoms with Crippen LogP contribution in [0, 0.1) is 0 Å². The van der Waals surface area contributed by atoms with Crippen molar-refractivity contribution in [3.05, 3.63) is 46.2 Å². The summed E-state index contributed by atoms with van der Waals surface area (Å²) in [5, 5.41) is 1.03. The van der Waals surface area contributed by atoms with E-state index in [2.05, 4.69) is 4.99 Å². The predicted molar refractivity (Wildman–Crippen MR) is 107 cm³/mol. The third-order valence-corrected chi connectivity index (χ3v) is 4.18. The van der Waals surface area contributed by atoms with Crippen LogP contribution in [0.4, 0.5) is 0 Å². The van der Waals surface area contributed by atoms with Crippen molar-refractivity contribution in [2.24, 2.45) is 17.8 Å². The van der Waals surface area contributed by atoms with E-state index in [9.17, 15) is 4.79 Å². The summed E-state index contributed by atoms with van der Waals surface area (Å²) in [6, 6.07) is 9.72. The highest BCUT2D eigenvalue weighted by atomic mass is 127. The fourth-order valence-corrected chi connectivity index (χ4v) is 2.90. The van der Waals surface area contributed by atoms with Crippen LogP contribution < -0.4 is 11.3 Å². The lowest BCUT2D eigenvalue weighted by Gasteiger charge is -2.31. The summed E-state index contributed by atoms with van der Waals surface area (Å²) in [5.41, 5.74) is 7.60. The summed E-state index contributed by atoms with van der Waals surface area (Å²) in [5.74, 6) is 0.468. The lowest BCUT2D eigenvalue weighted by molar-refractivity contribution is 0.00528. The number of aryl methyl sites for hydroxylation is 1. The van der Waals surface area contributed by atoms with E-state index in [0.29, 0.717) is 18.1 Å². The molecule has 0 saturated carbocycles. The van der Waals surface area contributed by atoms with E-state index in [0.717, 1.165) is 24.0 Å². The van der Waals surface area contributed by atoms with Crippen molar-refractivity contribution >= 4 is 40.8 Å². The summed E-state index contributed by atoms with van der Waals surface area (Å²) in [6.07, 6.45) is 0.144. The normalized spacial score (nSPS) is 18.5. The summed E-state index contributed by atoms with van der Waals surface area (Å²) in [4.78, 5) is 18.9. The first kappa shape index (κ1) is 18.7. The molecule has 1 aromatic heterocycles. The van der Waals surface area contributed by atoms with E-state index in [1.165, 1.54) is 0 Å². The van der Waals surface area contributed by atoms with Gasteiger partial charge in [-0.05, 0) is 24.4 Å². The highest BCUT2D eigenvalue weighted by Crippen LogP contribution is 2.13. The first-order valence-electron chi connectivity index (χ1n) is 7.80. The molecule has 7 heteroatoms. The van der Waals surface area contributed by atoms with Crippen molar-refractivity contribution < 1.29 is 4.74 Å². The van der Waals surface area contributed by atoms with Crippen LogP contribution in [0.25, 0.3) is 10.9 Å². The molecule has 2 N–H and O–H groups in total. The lowest BCUT2D eigenvalue weighted by atomic mass is 10.1. The van der Waals surface area contributed by atoms with Crippen LogP contribution in [-0.4, -0.2) is 41.2 Å². The highest BCUT2D eigenvalue weighted by molar-refractivity contribution is 14.0. The Balaban J connectivity index is 0.00000208. The molecule has 1 atom stereocenters. The minimum Gasteiger partial charge on any atom is -0.375 e. The standard InChI is InChI=1S/C17H22N4O2.HI/c1-12-11-21(7-8-23-12)17(18)19-10-14-9-13-5-3-4-6-15(13)20(2)16(14)22;/h3-6,9,12H,7-8,10-11H2,1-2H3,(H2,18,19);1H. The summed E-state index contributed by atoms with van der Waals surface area (Å²) < 4.78 is 7.16. The minimum atomic E-state index is -0.0319. The number of nitrogens with two attached hydrogens (primary N) is 1. The largest absolute Gasteiger partial charge is 0.375 e. The second-order valence-corrected chi connectivity index (χ2v) is 5.89. The monoisotopic (exact) mass is 442 g/mol. The van der Waals surface area contributed by atoms with Gasteiger partial charge >= 0.3 is 0 Å². The molecule has 1 aliphatic rings. The maximum Gasteiger partial charge on any atom is 0.255 e. The van der Waals surface area contributed by atoms with Crippen LogP contribution in [0.5, 0.6) is 0 Å². The summed E-state index contributed by atoms with van der Waals surface area (Å²) >= 11 is 0. The zero-order chi connectivity index (χ0) is 16.4. The van der Waals surface area contributed by atoms with Crippen LogP contribution >= 0.6 is 24.0 Å². The van der Waals surface area contributed by atoms with Crippen molar-refractivity contribution in [2.75, 3.05) is 19.7 Å². The second-order valence-electron chi connectivity index (χ2n) is 5.89. The molecule has 0 bridgehead atoms. The minimum absolute atomic E-state index is 0. The molecule has 130 valence electrons. The van der Waals surface area contributed by atoms with Crippen molar-refractivity contribution in [3.63, 3.8) is 0 Å². The number of fused-ring (bicyclic) bond motifs is 1. The van der Waals surface area contributed by atoms with Gasteiger partial charge in [0, 0.05) is 25.7 Å². The Bertz CT molecular complexity index is 803. The molecule has 1 aromatic carbocycles. The molecule has 2 aromatic rings. The van der Waals surface area contributed by atoms with E-state index < -0.39 is 0 Å². The Hall–Kier alpha value is -1.61. The SMILES string of the molecule is CC1CN(C(N)=NCc2cc3ccccc3n(C)c2=O)CCO1.I. The first-order chi connectivity index (χ1) is 11.1. The third kappa shape index (κ3) is 3.89. The number of hydrogen-bond acceptors (Lipinski definition) is 3. The van der Waals surface area contributed by atoms with Crippen LogP contribution in [0.1, 0.15) is 12.5 Å². The van der Waals surface area contributed by atoms with Gasteiger partial charge in [-0.2, -0.15) is 0 Å². The second kappa shape index (κ2) is 7.98. The zero-order valence-electron chi connectivity index (χ0n) is 13.9. The molecule has 1 unspecified atom stereocenters. The number of nitrogens with zero attached hydrogens (tertiary/aromatic N) is 3. The van der Waals surface area contributed by atoms with E-state index >= 15 is 0 Å². The smallest absolute Gasteiger partial charge is 0.255 e. The molecule has 0 spiro atoms. The van der Waals surface area contributed by atoms with Crippen molar-refractivity contribution in [1.82, 2.24) is 9.47 Å². The van der Waals surface area contributed by atoms with Gasteiger partial charge in [-0.25, -0.2) is 4.99 Å². The van der Waals surface area contributed by atoms with Gasteiger partial charge in [-0.3, -0.25) is 4.79 Å². The zero-order valence-corrected chi connectivity index (χ0v) is 16.3. The van der Waals surface area contributed by atoms with E-state index in [-0.39, 0.29) is 42.2 Å². The van der Waals surface area contributed by atoms with Crippen molar-refractivity contribution in [2.45, 2.75) is 19.6 Å². The number of pyridine rings is 1. The summed E-state index contributed by atoms with van der Waals surface area (Å²) in [6.45, 7) is 4.41. The van der Waals surface area contributed by atoms with Crippen LogP contribution in [0.2, 0.25) is 0 Å². The molecular formula is C17H23IN4O2. The van der Waals surface area contributed by atoms with Gasteiger partial charge < -0.3 is 19.9 Å². The number of hydrogen-bond donors (Lipinski definition) is 1. The Labute approximate surface area is 158 Å². The van der Waals surface area contributed by atoms with E-state index in [1.54, 1.807) is 11.6 Å². The average molecular weight is 442 g/mol. The number of halogens is 1. The maximum absolute atomic E-state index is 12.4. The van der Waals surface area contributed by atoms with Gasteiger partial charge in [0.05, 0.1) is 24.8 Å². The maximum atomic E-state index is 12.4. The topological polar surface area (TPSA) is 72.8 Å². The number of rotatable bonds is 2. The molecule has 6 nitrogen and oxygen atoms in total. The molecule has 0 amide bonds. The number of benzene rings is 1. The van der Waals surface area contributed by atoms with Gasteiger partial charge in [0.2, 0.25) is 0 Å². The van der Waals surface area contributed by atoms with Crippen LogP contribution in [0.15, 0.2) is 40.1 Å². The summed E-state index contributed by atoms with van der Waals surface area (Å²) in [7, 11) is 1.78. The number of guanidine groups is 1. The van der Waals surface area contributed by atoms with Crippen LogP contribution in [-0.2, 0) is 18.3 Å². The molecular weight excluding hydrogens is 419 g/mol. The fraction of sp³-hybridized carbons (Fsp3) is 0.412. The molecule has 0 radical (unpaired) electrons. The van der Waals surface area contributed by atoms with Gasteiger partial charge in [0.15, 0.2) is 5.96 Å². The molecule has 2 heterocycles. The number of ether oxygens (including phenoxy) is 1. The van der Waals surface area contributed by atoms with E-state index in [4.69, 9.17) is 10.5 Å². The molecule has 1 aliphatic heterocycles. The lowest BCUT2D eigenvalue weighted by Crippen LogP contribution is -2.47. The van der Waals surface area contributed by atoms with E-state index in [1.807, 2.05) is 42.2 Å². The Morgan fingerprint density at radius 3 is 2.92 bits per heavy atom.